The predicted molar refractivity (Wildman–Crippen MR) is 54.7 cm³/mol. The number of alkyl halides is 1. The molecule has 1 aliphatic heterocycles. The predicted octanol–water partition coefficient (Wildman–Crippen LogP) is 0.878. The summed E-state index contributed by atoms with van der Waals surface area (Å²) in [6.07, 6.45) is 3.78. The molecule has 1 unspecified atom stereocenters. The van der Waals surface area contributed by atoms with Crippen molar-refractivity contribution in [2.45, 2.75) is 11.2 Å². The van der Waals surface area contributed by atoms with Crippen LogP contribution in [-0.4, -0.2) is 21.6 Å². The maximum absolute atomic E-state index is 10.4. The molecule has 0 saturated carbocycles. The lowest BCUT2D eigenvalue weighted by atomic mass is 10.4. The molecule has 2 amide bonds. The Morgan fingerprint density at radius 1 is 1.29 bits per heavy atom. The summed E-state index contributed by atoms with van der Waals surface area (Å²) in [4.78, 5) is 24.2. The van der Waals surface area contributed by atoms with Crippen molar-refractivity contribution in [1.82, 2.24) is 10.3 Å². The minimum absolute atomic E-state index is 0.197. The fraction of sp³-hybridized carbons (Fsp3) is 0.222. The molecule has 1 aliphatic rings. The zero-order chi connectivity index (χ0) is 10.4. The van der Waals surface area contributed by atoms with Gasteiger partial charge in [0.2, 0.25) is 11.8 Å². The van der Waals surface area contributed by atoms with Crippen LogP contribution in [0.25, 0.3) is 0 Å². The molecule has 5 heteroatoms. The molecule has 74 valence electrons. The molecule has 0 radical (unpaired) electrons. The van der Waals surface area contributed by atoms with E-state index in [1.54, 1.807) is 12.4 Å². The van der Waals surface area contributed by atoms with Gasteiger partial charge in [-0.25, -0.2) is 0 Å². The van der Waals surface area contributed by atoms with Crippen LogP contribution in [-0.2, 0) is 9.59 Å². The summed E-state index contributed by atoms with van der Waals surface area (Å²) in [7, 11) is 0. The van der Waals surface area contributed by atoms with E-state index >= 15 is 0 Å². The average molecular weight is 257 g/mol. The highest BCUT2D eigenvalue weighted by atomic mass is 79.9. The van der Waals surface area contributed by atoms with E-state index in [4.69, 9.17) is 0 Å². The minimum atomic E-state index is -0.296. The molecule has 1 atom stereocenters. The summed E-state index contributed by atoms with van der Waals surface area (Å²) in [6, 6.07) is 5.72. The van der Waals surface area contributed by atoms with Crippen LogP contribution < -0.4 is 5.32 Å². The molecule has 1 aromatic rings. The molecule has 1 saturated heterocycles. The van der Waals surface area contributed by atoms with Crippen LogP contribution in [0.5, 0.6) is 0 Å². The van der Waals surface area contributed by atoms with E-state index in [2.05, 4.69) is 26.2 Å². The molecule has 1 fully saturated rings. The molecule has 0 aromatic carbocycles. The molecule has 2 heterocycles. The summed E-state index contributed by atoms with van der Waals surface area (Å²) in [6.45, 7) is 0. The van der Waals surface area contributed by atoms with Crippen LogP contribution in [0, 0.1) is 0 Å². The summed E-state index contributed by atoms with van der Waals surface area (Å²) < 4.78 is 0. The van der Waals surface area contributed by atoms with Crippen molar-refractivity contribution in [2.75, 3.05) is 0 Å². The van der Waals surface area contributed by atoms with Gasteiger partial charge in [0.25, 0.3) is 0 Å². The van der Waals surface area contributed by atoms with Gasteiger partial charge in [-0.3, -0.25) is 19.9 Å². The zero-order valence-electron chi connectivity index (χ0n) is 7.31. The number of pyridine rings is 1. The Hall–Kier alpha value is -1.23. The first-order chi connectivity index (χ1) is 6.70. The van der Waals surface area contributed by atoms with Gasteiger partial charge in [0, 0.05) is 18.8 Å². The average Bonchev–Trinajstić information content (AvgIpc) is 2.48. The van der Waals surface area contributed by atoms with Crippen molar-refractivity contribution in [3.05, 3.63) is 30.6 Å². The Labute approximate surface area is 89.9 Å². The zero-order valence-corrected chi connectivity index (χ0v) is 8.90. The molecule has 14 heavy (non-hydrogen) atoms. The highest BCUT2D eigenvalue weighted by molar-refractivity contribution is 9.10. The SMILES string of the molecule is O=C1CC(Br)C(=O)N1.c1ccncc1. The lowest BCUT2D eigenvalue weighted by Gasteiger charge is -1.86. The number of aromatic nitrogens is 1. The van der Waals surface area contributed by atoms with Crippen LogP contribution in [0.15, 0.2) is 30.6 Å². The lowest BCUT2D eigenvalue weighted by molar-refractivity contribution is -0.124. The van der Waals surface area contributed by atoms with E-state index in [1.165, 1.54) is 0 Å². The topological polar surface area (TPSA) is 59.1 Å². The number of hydrogen-bond acceptors (Lipinski definition) is 3. The molecule has 2 rings (SSSR count). The van der Waals surface area contributed by atoms with Gasteiger partial charge in [-0.2, -0.15) is 0 Å². The van der Waals surface area contributed by atoms with Crippen LogP contribution >= 0.6 is 15.9 Å². The van der Waals surface area contributed by atoms with Crippen LogP contribution in [0.1, 0.15) is 6.42 Å². The molecule has 0 spiro atoms. The Kier molecular flexibility index (Phi) is 4.25. The van der Waals surface area contributed by atoms with Crippen LogP contribution in [0.2, 0.25) is 0 Å². The highest BCUT2D eigenvalue weighted by Gasteiger charge is 2.27. The standard InChI is InChI=1S/C5H5N.C4H4BrNO2/c1-2-4-6-5-3-1;5-2-1-3(7)6-4(2)8/h1-5H;2H,1H2,(H,6,7,8). The quantitative estimate of drug-likeness (QED) is 0.554. The Balaban J connectivity index is 0.000000146. The third-order valence-electron chi connectivity index (χ3n) is 1.48. The Morgan fingerprint density at radius 3 is 2.07 bits per heavy atom. The van der Waals surface area contributed by atoms with Crippen molar-refractivity contribution < 1.29 is 9.59 Å². The van der Waals surface area contributed by atoms with E-state index in [-0.39, 0.29) is 23.1 Å². The van der Waals surface area contributed by atoms with Gasteiger partial charge in [-0.05, 0) is 12.1 Å². The second kappa shape index (κ2) is 5.49. The van der Waals surface area contributed by atoms with Crippen molar-refractivity contribution >= 4 is 27.7 Å². The summed E-state index contributed by atoms with van der Waals surface area (Å²) >= 11 is 3.01. The molecular weight excluding hydrogens is 248 g/mol. The Bertz CT molecular complexity index is 289. The summed E-state index contributed by atoms with van der Waals surface area (Å²) in [5, 5.41) is 2.14. The number of carbonyl (C=O) groups excluding carboxylic acids is 2. The number of imide groups is 1. The lowest BCUT2D eigenvalue weighted by Crippen LogP contribution is -2.21. The first-order valence-electron chi connectivity index (χ1n) is 4.03. The van der Waals surface area contributed by atoms with E-state index in [0.717, 1.165) is 0 Å². The van der Waals surface area contributed by atoms with Gasteiger partial charge in [-0.1, -0.05) is 22.0 Å². The van der Waals surface area contributed by atoms with Crippen molar-refractivity contribution in [2.24, 2.45) is 0 Å². The highest BCUT2D eigenvalue weighted by Crippen LogP contribution is 2.10. The molecule has 4 nitrogen and oxygen atoms in total. The van der Waals surface area contributed by atoms with Gasteiger partial charge in [0.1, 0.15) is 4.83 Å². The monoisotopic (exact) mass is 256 g/mol. The maximum atomic E-state index is 10.4. The van der Waals surface area contributed by atoms with Gasteiger partial charge < -0.3 is 0 Å². The van der Waals surface area contributed by atoms with E-state index in [1.807, 2.05) is 18.2 Å². The first-order valence-corrected chi connectivity index (χ1v) is 4.94. The number of nitrogens with zero attached hydrogens (tertiary/aromatic N) is 1. The third-order valence-corrected chi connectivity index (χ3v) is 2.22. The second-order valence-electron chi connectivity index (χ2n) is 2.61. The number of nitrogens with one attached hydrogen (secondary N) is 1. The molecule has 1 aromatic heterocycles. The molecular formula is C9H9BrN2O2. The van der Waals surface area contributed by atoms with Crippen LogP contribution in [0.4, 0.5) is 0 Å². The Morgan fingerprint density at radius 2 is 1.93 bits per heavy atom. The van der Waals surface area contributed by atoms with E-state index in [0.29, 0.717) is 0 Å². The van der Waals surface area contributed by atoms with E-state index < -0.39 is 0 Å². The molecule has 1 N–H and O–H groups in total. The fourth-order valence-corrected chi connectivity index (χ4v) is 1.24. The summed E-state index contributed by atoms with van der Waals surface area (Å²) in [5.74, 6) is -0.424. The third kappa shape index (κ3) is 3.66. The summed E-state index contributed by atoms with van der Waals surface area (Å²) in [5.41, 5.74) is 0. The van der Waals surface area contributed by atoms with Crippen molar-refractivity contribution in [3.63, 3.8) is 0 Å². The smallest absolute Gasteiger partial charge is 0.240 e. The van der Waals surface area contributed by atoms with Gasteiger partial charge in [0.15, 0.2) is 0 Å². The van der Waals surface area contributed by atoms with Crippen molar-refractivity contribution in [1.29, 1.82) is 0 Å². The molecule has 0 bridgehead atoms. The second-order valence-corrected chi connectivity index (χ2v) is 3.71. The number of hydrogen-bond donors (Lipinski definition) is 1. The van der Waals surface area contributed by atoms with Gasteiger partial charge in [0.05, 0.1) is 0 Å². The number of amides is 2. The normalized spacial score (nSPS) is 19.6. The van der Waals surface area contributed by atoms with E-state index in [9.17, 15) is 9.59 Å². The van der Waals surface area contributed by atoms with Crippen LogP contribution in [0.3, 0.4) is 0 Å². The molecule has 0 aliphatic carbocycles. The van der Waals surface area contributed by atoms with Gasteiger partial charge >= 0.3 is 0 Å². The minimum Gasteiger partial charge on any atom is -0.295 e. The number of rotatable bonds is 0. The van der Waals surface area contributed by atoms with Crippen molar-refractivity contribution in [3.8, 4) is 0 Å². The number of carbonyl (C=O) groups is 2. The number of halogens is 1. The fourth-order valence-electron chi connectivity index (χ4n) is 0.835. The first kappa shape index (κ1) is 10.8. The maximum Gasteiger partial charge on any atom is 0.240 e. The van der Waals surface area contributed by atoms with Gasteiger partial charge in [-0.15, -0.1) is 0 Å². The largest absolute Gasteiger partial charge is 0.295 e.